The van der Waals surface area contributed by atoms with E-state index in [0.717, 1.165) is 11.1 Å². The molecule has 1 aliphatic heterocycles. The zero-order valence-corrected chi connectivity index (χ0v) is 19.0. The topological polar surface area (TPSA) is 90.4 Å². The zero-order valence-electron chi connectivity index (χ0n) is 19.0. The van der Waals surface area contributed by atoms with Crippen molar-refractivity contribution in [3.63, 3.8) is 0 Å². The molecule has 32 heavy (non-hydrogen) atoms. The minimum atomic E-state index is -0.468. The van der Waals surface area contributed by atoms with E-state index in [1.807, 2.05) is 19.1 Å². The van der Waals surface area contributed by atoms with Gasteiger partial charge in [-0.05, 0) is 44.0 Å². The van der Waals surface area contributed by atoms with Gasteiger partial charge < -0.3 is 18.9 Å². The van der Waals surface area contributed by atoms with Crippen molar-refractivity contribution in [1.29, 1.82) is 0 Å². The van der Waals surface area contributed by atoms with Gasteiger partial charge in [0.15, 0.2) is 11.5 Å². The monoisotopic (exact) mass is 443 g/mol. The largest absolute Gasteiger partial charge is 0.493 e. The number of amides is 2. The lowest BCUT2D eigenvalue weighted by molar-refractivity contribution is 0.0941. The first kappa shape index (κ1) is 23.2. The number of rotatable bonds is 6. The molecule has 1 aromatic carbocycles. The Bertz CT molecular complexity index is 952. The molecule has 3 rings (SSSR count). The SMILES string of the molecule is CCOC(=O)N1c2cc(OC)c(OC)cc2[C@H](N(Cc2ccncc2)C(=O)OC)C[C@@H]1C. The summed E-state index contributed by atoms with van der Waals surface area (Å²) in [6, 6.07) is 6.64. The summed E-state index contributed by atoms with van der Waals surface area (Å²) in [7, 11) is 4.43. The van der Waals surface area contributed by atoms with Gasteiger partial charge in [0.1, 0.15) is 0 Å². The summed E-state index contributed by atoms with van der Waals surface area (Å²) in [5.74, 6) is 0.982. The van der Waals surface area contributed by atoms with Crippen LogP contribution in [0, 0.1) is 0 Å². The Morgan fingerprint density at radius 1 is 1.12 bits per heavy atom. The second-order valence-corrected chi connectivity index (χ2v) is 7.39. The molecule has 0 radical (unpaired) electrons. The smallest absolute Gasteiger partial charge is 0.414 e. The second kappa shape index (κ2) is 10.2. The van der Waals surface area contributed by atoms with Gasteiger partial charge in [0.25, 0.3) is 0 Å². The lowest BCUT2D eigenvalue weighted by Gasteiger charge is -2.42. The van der Waals surface area contributed by atoms with Crippen LogP contribution in [0.2, 0.25) is 0 Å². The van der Waals surface area contributed by atoms with Crippen LogP contribution >= 0.6 is 0 Å². The van der Waals surface area contributed by atoms with E-state index in [4.69, 9.17) is 18.9 Å². The molecule has 0 fully saturated rings. The van der Waals surface area contributed by atoms with Crippen molar-refractivity contribution in [3.05, 3.63) is 47.8 Å². The molecule has 2 amide bonds. The number of aromatic nitrogens is 1. The summed E-state index contributed by atoms with van der Waals surface area (Å²) >= 11 is 0. The second-order valence-electron chi connectivity index (χ2n) is 7.39. The van der Waals surface area contributed by atoms with E-state index in [1.54, 1.807) is 48.4 Å². The number of pyridine rings is 1. The molecule has 9 heteroatoms. The first-order valence-corrected chi connectivity index (χ1v) is 10.4. The Balaban J connectivity index is 2.14. The van der Waals surface area contributed by atoms with Crippen LogP contribution in [0.3, 0.4) is 0 Å². The van der Waals surface area contributed by atoms with Crippen molar-refractivity contribution in [3.8, 4) is 11.5 Å². The Labute approximate surface area is 187 Å². The average molecular weight is 444 g/mol. The van der Waals surface area contributed by atoms with Crippen LogP contribution in [0.4, 0.5) is 15.3 Å². The van der Waals surface area contributed by atoms with E-state index >= 15 is 0 Å². The minimum absolute atomic E-state index is 0.241. The first-order chi connectivity index (χ1) is 15.4. The van der Waals surface area contributed by atoms with E-state index in [-0.39, 0.29) is 18.7 Å². The molecule has 0 aliphatic carbocycles. The molecule has 1 aliphatic rings. The molecule has 172 valence electrons. The van der Waals surface area contributed by atoms with Crippen LogP contribution in [-0.4, -0.2) is 56.0 Å². The number of fused-ring (bicyclic) bond motifs is 1. The minimum Gasteiger partial charge on any atom is -0.493 e. The predicted molar refractivity (Wildman–Crippen MR) is 118 cm³/mol. The van der Waals surface area contributed by atoms with Gasteiger partial charge >= 0.3 is 12.2 Å². The van der Waals surface area contributed by atoms with Crippen LogP contribution in [0.25, 0.3) is 0 Å². The fraction of sp³-hybridized carbons (Fsp3) is 0.435. The average Bonchev–Trinajstić information content (AvgIpc) is 2.81. The van der Waals surface area contributed by atoms with E-state index < -0.39 is 12.2 Å². The predicted octanol–water partition coefficient (Wildman–Crippen LogP) is 4.16. The number of carbonyl (C=O) groups is 2. The zero-order chi connectivity index (χ0) is 23.3. The van der Waals surface area contributed by atoms with Crippen LogP contribution in [0.15, 0.2) is 36.7 Å². The number of nitrogens with zero attached hydrogens (tertiary/aromatic N) is 3. The van der Waals surface area contributed by atoms with Gasteiger partial charge in [0.2, 0.25) is 0 Å². The maximum atomic E-state index is 12.9. The number of methoxy groups -OCH3 is 3. The first-order valence-electron chi connectivity index (χ1n) is 10.4. The molecule has 0 bridgehead atoms. The highest BCUT2D eigenvalue weighted by atomic mass is 16.6. The normalized spacial score (nSPS) is 17.2. The van der Waals surface area contributed by atoms with Gasteiger partial charge in [-0.1, -0.05) is 0 Å². The van der Waals surface area contributed by atoms with Crippen LogP contribution < -0.4 is 14.4 Å². The molecule has 2 atom stereocenters. The molecule has 0 unspecified atom stereocenters. The lowest BCUT2D eigenvalue weighted by atomic mass is 9.90. The summed E-state index contributed by atoms with van der Waals surface area (Å²) < 4.78 is 21.4. The van der Waals surface area contributed by atoms with E-state index in [1.165, 1.54) is 14.2 Å². The van der Waals surface area contributed by atoms with Gasteiger partial charge in [-0.15, -0.1) is 0 Å². The molecular formula is C23H29N3O6. The lowest BCUT2D eigenvalue weighted by Crippen LogP contribution is -2.47. The molecule has 9 nitrogen and oxygen atoms in total. The Hall–Kier alpha value is -3.49. The van der Waals surface area contributed by atoms with E-state index in [0.29, 0.717) is 30.2 Å². The van der Waals surface area contributed by atoms with Crippen molar-refractivity contribution in [2.45, 2.75) is 38.9 Å². The van der Waals surface area contributed by atoms with Gasteiger partial charge in [-0.3, -0.25) is 14.8 Å². The van der Waals surface area contributed by atoms with Crippen molar-refractivity contribution >= 4 is 17.9 Å². The van der Waals surface area contributed by atoms with Crippen LogP contribution in [-0.2, 0) is 16.0 Å². The molecular weight excluding hydrogens is 414 g/mol. The van der Waals surface area contributed by atoms with Gasteiger partial charge in [0.05, 0.1) is 39.7 Å². The third-order valence-corrected chi connectivity index (χ3v) is 5.51. The van der Waals surface area contributed by atoms with Crippen molar-refractivity contribution in [1.82, 2.24) is 9.88 Å². The molecule has 0 saturated heterocycles. The number of carbonyl (C=O) groups excluding carboxylic acids is 2. The Morgan fingerprint density at radius 3 is 2.38 bits per heavy atom. The summed E-state index contributed by atoms with van der Waals surface area (Å²) in [6.07, 6.45) is 2.92. The highest BCUT2D eigenvalue weighted by Gasteiger charge is 2.40. The Kier molecular flexibility index (Phi) is 7.40. The quantitative estimate of drug-likeness (QED) is 0.662. The third-order valence-electron chi connectivity index (χ3n) is 5.51. The molecule has 0 saturated carbocycles. The van der Waals surface area contributed by atoms with Gasteiger partial charge in [0, 0.05) is 36.6 Å². The van der Waals surface area contributed by atoms with Gasteiger partial charge in [-0.2, -0.15) is 0 Å². The van der Waals surface area contributed by atoms with Crippen molar-refractivity contribution in [2.24, 2.45) is 0 Å². The van der Waals surface area contributed by atoms with Gasteiger partial charge in [-0.25, -0.2) is 9.59 Å². The van der Waals surface area contributed by atoms with E-state index in [2.05, 4.69) is 4.98 Å². The number of benzene rings is 1. The maximum Gasteiger partial charge on any atom is 0.414 e. The highest BCUT2D eigenvalue weighted by Crippen LogP contribution is 2.46. The number of hydrogen-bond donors (Lipinski definition) is 0. The summed E-state index contributed by atoms with van der Waals surface area (Å²) in [5, 5.41) is 0. The standard InChI is InChI=1S/C23H29N3O6/c1-6-32-23(28)26-15(2)11-18(17-12-20(29-3)21(30-4)13-19(17)26)25(22(27)31-5)14-16-7-9-24-10-8-16/h7-10,12-13,15,18H,6,11,14H2,1-5H3/t15-,18+/m0/s1. The summed E-state index contributed by atoms with van der Waals surface area (Å²) in [6.45, 7) is 4.26. The van der Waals surface area contributed by atoms with Crippen LogP contribution in [0.5, 0.6) is 11.5 Å². The maximum absolute atomic E-state index is 12.9. The van der Waals surface area contributed by atoms with Crippen molar-refractivity contribution in [2.75, 3.05) is 32.8 Å². The van der Waals surface area contributed by atoms with Crippen molar-refractivity contribution < 1.29 is 28.5 Å². The number of hydrogen-bond acceptors (Lipinski definition) is 7. The fourth-order valence-corrected chi connectivity index (χ4v) is 4.02. The van der Waals surface area contributed by atoms with E-state index in [9.17, 15) is 9.59 Å². The number of anilines is 1. The molecule has 0 spiro atoms. The summed E-state index contributed by atoms with van der Waals surface area (Å²) in [4.78, 5) is 32.9. The number of ether oxygens (including phenoxy) is 4. The van der Waals surface area contributed by atoms with Crippen LogP contribution in [0.1, 0.15) is 37.4 Å². The Morgan fingerprint density at radius 2 is 1.78 bits per heavy atom. The summed E-state index contributed by atoms with van der Waals surface area (Å²) in [5.41, 5.74) is 2.26. The third kappa shape index (κ3) is 4.56. The molecule has 0 N–H and O–H groups in total. The molecule has 1 aromatic heterocycles. The molecule has 2 aromatic rings. The fourth-order valence-electron chi connectivity index (χ4n) is 4.02. The molecule has 2 heterocycles. The highest BCUT2D eigenvalue weighted by molar-refractivity contribution is 5.91.